The highest BCUT2D eigenvalue weighted by molar-refractivity contribution is 5.96. The number of ether oxygens (including phenoxy) is 1. The molecule has 1 aromatic heterocycles. The van der Waals surface area contributed by atoms with Gasteiger partial charge in [-0.1, -0.05) is 48.5 Å². The number of rotatable bonds is 4. The Hall–Kier alpha value is -3.08. The molecule has 0 saturated heterocycles. The fraction of sp³-hybridized carbons (Fsp3) is 0.200. The first kappa shape index (κ1) is 15.4. The van der Waals surface area contributed by atoms with Crippen molar-refractivity contribution in [1.82, 2.24) is 10.2 Å². The molecule has 0 fully saturated rings. The van der Waals surface area contributed by atoms with E-state index in [4.69, 9.17) is 4.74 Å². The van der Waals surface area contributed by atoms with E-state index >= 15 is 0 Å². The smallest absolute Gasteiger partial charge is 0.226 e. The summed E-state index contributed by atoms with van der Waals surface area (Å²) in [5.41, 5.74) is 4.01. The van der Waals surface area contributed by atoms with Crippen LogP contribution < -0.4 is 10.1 Å². The number of nitrogens with one attached hydrogen (secondary N) is 2. The van der Waals surface area contributed by atoms with Gasteiger partial charge in [-0.25, -0.2) is 0 Å². The van der Waals surface area contributed by atoms with Crippen LogP contribution in [0, 0.1) is 0 Å². The Morgan fingerprint density at radius 1 is 1.12 bits per heavy atom. The van der Waals surface area contributed by atoms with E-state index in [0.717, 1.165) is 28.1 Å². The molecule has 0 radical (unpaired) electrons. The molecule has 5 heteroatoms. The van der Waals surface area contributed by atoms with Crippen LogP contribution in [0.25, 0.3) is 11.3 Å². The maximum Gasteiger partial charge on any atom is 0.226 e. The number of aromatic nitrogens is 2. The summed E-state index contributed by atoms with van der Waals surface area (Å²) in [5.74, 6) is 1.29. The molecule has 2 heterocycles. The van der Waals surface area contributed by atoms with Crippen LogP contribution in [-0.2, 0) is 4.79 Å². The number of fused-ring (bicyclic) bond motifs is 1. The van der Waals surface area contributed by atoms with Crippen LogP contribution in [0.3, 0.4) is 0 Å². The number of carbonyl (C=O) groups excluding carboxylic acids is 1. The highest BCUT2D eigenvalue weighted by Crippen LogP contribution is 2.44. The molecule has 25 heavy (non-hydrogen) atoms. The Balaban J connectivity index is 1.87. The van der Waals surface area contributed by atoms with Gasteiger partial charge in [0.2, 0.25) is 5.91 Å². The second-order valence-electron chi connectivity index (χ2n) is 6.00. The third-order valence-electron chi connectivity index (χ3n) is 4.46. The van der Waals surface area contributed by atoms with Crippen LogP contribution in [0.5, 0.6) is 5.75 Å². The van der Waals surface area contributed by atoms with Crippen molar-refractivity contribution < 1.29 is 9.53 Å². The molecule has 1 atom stereocenters. The zero-order chi connectivity index (χ0) is 17.2. The summed E-state index contributed by atoms with van der Waals surface area (Å²) >= 11 is 0. The molecule has 0 spiro atoms. The molecule has 5 nitrogen and oxygen atoms in total. The summed E-state index contributed by atoms with van der Waals surface area (Å²) in [6.07, 6.45) is 0.371. The molecule has 1 amide bonds. The molecule has 3 aromatic rings. The maximum absolute atomic E-state index is 12.2. The third-order valence-corrected chi connectivity index (χ3v) is 4.46. The highest BCUT2D eigenvalue weighted by atomic mass is 16.5. The van der Waals surface area contributed by atoms with Crippen molar-refractivity contribution in [1.29, 1.82) is 0 Å². The molecule has 2 N–H and O–H groups in total. The lowest BCUT2D eigenvalue weighted by atomic mass is 9.84. The SMILES string of the molecule is CCOc1ccccc1[C@H]1CC(=O)Nc2n[nH]c(-c3ccccc3)c21. The van der Waals surface area contributed by atoms with Gasteiger partial charge in [0.05, 0.1) is 12.3 Å². The van der Waals surface area contributed by atoms with E-state index < -0.39 is 0 Å². The molecule has 1 aliphatic heterocycles. The van der Waals surface area contributed by atoms with E-state index in [1.165, 1.54) is 0 Å². The number of para-hydroxylation sites is 1. The molecule has 0 unspecified atom stereocenters. The molecular formula is C20H19N3O2. The first-order valence-corrected chi connectivity index (χ1v) is 8.43. The van der Waals surface area contributed by atoms with E-state index in [9.17, 15) is 4.79 Å². The lowest BCUT2D eigenvalue weighted by molar-refractivity contribution is -0.116. The van der Waals surface area contributed by atoms with Crippen molar-refractivity contribution in [3.8, 4) is 17.0 Å². The Morgan fingerprint density at radius 2 is 1.88 bits per heavy atom. The Kier molecular flexibility index (Phi) is 3.98. The number of aromatic amines is 1. The van der Waals surface area contributed by atoms with Gasteiger partial charge in [0.1, 0.15) is 5.75 Å². The van der Waals surface area contributed by atoms with Gasteiger partial charge in [0, 0.05) is 23.5 Å². The number of carbonyl (C=O) groups is 1. The number of hydrogen-bond donors (Lipinski definition) is 2. The van der Waals surface area contributed by atoms with Crippen molar-refractivity contribution in [2.75, 3.05) is 11.9 Å². The number of nitrogens with zero attached hydrogens (tertiary/aromatic N) is 1. The summed E-state index contributed by atoms with van der Waals surface area (Å²) in [4.78, 5) is 12.2. The van der Waals surface area contributed by atoms with Gasteiger partial charge < -0.3 is 10.1 Å². The van der Waals surface area contributed by atoms with E-state index in [0.29, 0.717) is 18.8 Å². The van der Waals surface area contributed by atoms with Gasteiger partial charge in [-0.15, -0.1) is 0 Å². The number of benzene rings is 2. The minimum absolute atomic E-state index is 0.0325. The van der Waals surface area contributed by atoms with E-state index in [1.54, 1.807) is 0 Å². The summed E-state index contributed by atoms with van der Waals surface area (Å²) in [5, 5.41) is 10.3. The maximum atomic E-state index is 12.2. The van der Waals surface area contributed by atoms with Crippen molar-refractivity contribution in [2.24, 2.45) is 0 Å². The average molecular weight is 333 g/mol. The van der Waals surface area contributed by atoms with Gasteiger partial charge in [0.25, 0.3) is 0 Å². The first-order valence-electron chi connectivity index (χ1n) is 8.43. The van der Waals surface area contributed by atoms with Crippen LogP contribution >= 0.6 is 0 Å². The molecule has 4 rings (SSSR count). The number of anilines is 1. The van der Waals surface area contributed by atoms with Crippen molar-refractivity contribution in [3.05, 3.63) is 65.7 Å². The van der Waals surface area contributed by atoms with Crippen LogP contribution in [0.2, 0.25) is 0 Å². The fourth-order valence-corrected chi connectivity index (χ4v) is 3.40. The molecular weight excluding hydrogens is 314 g/mol. The summed E-state index contributed by atoms with van der Waals surface area (Å²) < 4.78 is 5.80. The third kappa shape index (κ3) is 2.78. The summed E-state index contributed by atoms with van der Waals surface area (Å²) in [6, 6.07) is 18.0. The minimum atomic E-state index is -0.0968. The molecule has 2 aromatic carbocycles. The lowest BCUT2D eigenvalue weighted by Gasteiger charge is -2.25. The molecule has 126 valence electrons. The van der Waals surface area contributed by atoms with Crippen LogP contribution in [0.1, 0.15) is 30.4 Å². The molecule has 0 saturated carbocycles. The quantitative estimate of drug-likeness (QED) is 0.760. The largest absolute Gasteiger partial charge is 0.494 e. The minimum Gasteiger partial charge on any atom is -0.494 e. The highest BCUT2D eigenvalue weighted by Gasteiger charge is 2.33. The van der Waals surface area contributed by atoms with Gasteiger partial charge in [-0.3, -0.25) is 9.89 Å². The van der Waals surface area contributed by atoms with E-state index in [-0.39, 0.29) is 11.8 Å². The van der Waals surface area contributed by atoms with E-state index in [2.05, 4.69) is 15.5 Å². The second-order valence-corrected chi connectivity index (χ2v) is 6.00. The lowest BCUT2D eigenvalue weighted by Crippen LogP contribution is -2.23. The second kappa shape index (κ2) is 6.43. The summed E-state index contributed by atoms with van der Waals surface area (Å²) in [7, 11) is 0. The van der Waals surface area contributed by atoms with Crippen LogP contribution in [0.15, 0.2) is 54.6 Å². The zero-order valence-corrected chi connectivity index (χ0v) is 14.0. The monoisotopic (exact) mass is 333 g/mol. The zero-order valence-electron chi connectivity index (χ0n) is 14.0. The molecule has 0 aliphatic carbocycles. The van der Waals surface area contributed by atoms with Gasteiger partial charge >= 0.3 is 0 Å². The molecule has 1 aliphatic rings. The predicted molar refractivity (Wildman–Crippen MR) is 96.7 cm³/mol. The van der Waals surface area contributed by atoms with E-state index in [1.807, 2.05) is 61.5 Å². The first-order chi connectivity index (χ1) is 12.3. The number of H-pyrrole nitrogens is 1. The van der Waals surface area contributed by atoms with Gasteiger partial charge in [0.15, 0.2) is 5.82 Å². The van der Waals surface area contributed by atoms with Crippen molar-refractivity contribution in [2.45, 2.75) is 19.3 Å². The van der Waals surface area contributed by atoms with Crippen LogP contribution in [0.4, 0.5) is 5.82 Å². The summed E-state index contributed by atoms with van der Waals surface area (Å²) in [6.45, 7) is 2.54. The van der Waals surface area contributed by atoms with Crippen molar-refractivity contribution >= 4 is 11.7 Å². The topological polar surface area (TPSA) is 67.0 Å². The Labute approximate surface area is 146 Å². The van der Waals surface area contributed by atoms with Crippen LogP contribution in [-0.4, -0.2) is 22.7 Å². The average Bonchev–Trinajstić information content (AvgIpc) is 3.06. The Morgan fingerprint density at radius 3 is 2.68 bits per heavy atom. The normalized spacial score (nSPS) is 16.2. The number of hydrogen-bond acceptors (Lipinski definition) is 3. The van der Waals surface area contributed by atoms with Gasteiger partial charge in [-0.05, 0) is 18.6 Å². The Bertz CT molecular complexity index is 902. The van der Waals surface area contributed by atoms with Crippen molar-refractivity contribution in [3.63, 3.8) is 0 Å². The van der Waals surface area contributed by atoms with Gasteiger partial charge in [-0.2, -0.15) is 5.10 Å². The number of amides is 1. The molecule has 0 bridgehead atoms. The standard InChI is InChI=1S/C20H19N3O2/c1-2-25-16-11-7-6-10-14(16)15-12-17(24)21-20-18(15)19(22-23-20)13-8-4-3-5-9-13/h3-11,15H,2,12H2,1H3,(H2,21,22,23,24)/t15-/m1/s1. The fourth-order valence-electron chi connectivity index (χ4n) is 3.40. The predicted octanol–water partition coefficient (Wildman–Crippen LogP) is 3.95.